The summed E-state index contributed by atoms with van der Waals surface area (Å²) in [6.45, 7) is 0.582. The summed E-state index contributed by atoms with van der Waals surface area (Å²) in [5.41, 5.74) is 0. The summed E-state index contributed by atoms with van der Waals surface area (Å²) < 4.78 is 5.56. The molecule has 1 heterocycles. The Morgan fingerprint density at radius 1 is 1.11 bits per heavy atom. The summed E-state index contributed by atoms with van der Waals surface area (Å²) in [6.07, 6.45) is 6.90. The molecule has 102 valence electrons. The van der Waals surface area contributed by atoms with Crippen molar-refractivity contribution in [3.63, 3.8) is 0 Å². The van der Waals surface area contributed by atoms with Gasteiger partial charge in [0.25, 0.3) is 0 Å². The fourth-order valence-electron chi connectivity index (χ4n) is 2.81. The van der Waals surface area contributed by atoms with Crippen molar-refractivity contribution in [3.8, 4) is 0 Å². The van der Waals surface area contributed by atoms with E-state index in [-0.39, 0.29) is 18.6 Å². The third-order valence-corrected chi connectivity index (χ3v) is 3.85. The van der Waals surface area contributed by atoms with Crippen molar-refractivity contribution in [2.75, 3.05) is 13.2 Å². The summed E-state index contributed by atoms with van der Waals surface area (Å²) >= 11 is 0. The number of piperidine rings is 1. The number of carboxylic acids is 1. The normalized spacial score (nSPS) is 25.3. The van der Waals surface area contributed by atoms with Crippen LogP contribution < -0.4 is 0 Å². The molecule has 1 atom stereocenters. The van der Waals surface area contributed by atoms with Crippen molar-refractivity contribution < 1.29 is 19.4 Å². The number of hydrogen-bond donors (Lipinski definition) is 1. The van der Waals surface area contributed by atoms with Gasteiger partial charge in [-0.25, -0.2) is 4.79 Å². The highest BCUT2D eigenvalue weighted by atomic mass is 16.5. The first-order valence-electron chi connectivity index (χ1n) is 6.82. The van der Waals surface area contributed by atoms with Gasteiger partial charge in [0, 0.05) is 6.54 Å². The highest BCUT2D eigenvalue weighted by molar-refractivity contribution is 5.84. The smallest absolute Gasteiger partial charge is 0.326 e. The van der Waals surface area contributed by atoms with Gasteiger partial charge >= 0.3 is 5.97 Å². The van der Waals surface area contributed by atoms with Gasteiger partial charge < -0.3 is 14.7 Å². The fraction of sp³-hybridized carbons (Fsp3) is 0.846. The quantitative estimate of drug-likeness (QED) is 0.824. The molecule has 1 saturated heterocycles. The number of carbonyl (C=O) groups is 2. The highest BCUT2D eigenvalue weighted by Gasteiger charge is 2.32. The Labute approximate surface area is 107 Å². The number of amides is 1. The van der Waals surface area contributed by atoms with E-state index in [0.717, 1.165) is 25.7 Å². The minimum Gasteiger partial charge on any atom is -0.480 e. The van der Waals surface area contributed by atoms with Crippen molar-refractivity contribution in [1.29, 1.82) is 0 Å². The summed E-state index contributed by atoms with van der Waals surface area (Å²) in [7, 11) is 0. The number of rotatable bonds is 4. The lowest BCUT2D eigenvalue weighted by Gasteiger charge is -2.33. The molecule has 0 bridgehead atoms. The molecule has 1 saturated carbocycles. The Morgan fingerprint density at radius 2 is 1.78 bits per heavy atom. The number of ether oxygens (including phenoxy) is 1. The Kier molecular flexibility index (Phi) is 4.58. The van der Waals surface area contributed by atoms with E-state index in [1.165, 1.54) is 17.7 Å². The van der Waals surface area contributed by atoms with Gasteiger partial charge in [0.1, 0.15) is 12.6 Å². The van der Waals surface area contributed by atoms with Gasteiger partial charge in [-0.3, -0.25) is 4.79 Å². The van der Waals surface area contributed by atoms with Crippen LogP contribution in [0.15, 0.2) is 0 Å². The van der Waals surface area contributed by atoms with Crippen LogP contribution in [0, 0.1) is 0 Å². The zero-order valence-electron chi connectivity index (χ0n) is 10.6. The third kappa shape index (κ3) is 3.22. The van der Waals surface area contributed by atoms with Crippen LogP contribution in [0.4, 0.5) is 0 Å². The molecule has 5 heteroatoms. The van der Waals surface area contributed by atoms with E-state index < -0.39 is 12.0 Å². The summed E-state index contributed by atoms with van der Waals surface area (Å²) in [6, 6.07) is -0.654. The van der Waals surface area contributed by atoms with Crippen LogP contribution in [0.25, 0.3) is 0 Å². The summed E-state index contributed by atoms with van der Waals surface area (Å²) in [5.74, 6) is -1.07. The molecule has 1 N–H and O–H groups in total. The average molecular weight is 255 g/mol. The predicted octanol–water partition coefficient (Wildman–Crippen LogP) is 1.41. The summed E-state index contributed by atoms with van der Waals surface area (Å²) in [5, 5.41) is 9.10. The van der Waals surface area contributed by atoms with E-state index in [1.807, 2.05) is 0 Å². The molecular formula is C13H21NO4. The number of likely N-dealkylation sites (tertiary alicyclic amines) is 1. The van der Waals surface area contributed by atoms with Crippen molar-refractivity contribution in [2.45, 2.75) is 57.1 Å². The van der Waals surface area contributed by atoms with Crippen molar-refractivity contribution in [3.05, 3.63) is 0 Å². The van der Waals surface area contributed by atoms with Crippen molar-refractivity contribution >= 4 is 11.9 Å². The lowest BCUT2D eigenvalue weighted by Crippen LogP contribution is -2.49. The molecule has 18 heavy (non-hydrogen) atoms. The Bertz CT molecular complexity index is 312. The minimum atomic E-state index is -0.899. The van der Waals surface area contributed by atoms with Crippen LogP contribution in [0.1, 0.15) is 44.9 Å². The molecular weight excluding hydrogens is 234 g/mol. The van der Waals surface area contributed by atoms with Crippen LogP contribution >= 0.6 is 0 Å². The standard InChI is InChI=1S/C13H21NO4/c15-12(9-18-10-5-1-2-6-10)14-8-4-3-7-11(14)13(16)17/h10-11H,1-9H2,(H,16,17). The molecule has 0 aromatic rings. The molecule has 1 aliphatic heterocycles. The van der Waals surface area contributed by atoms with Gasteiger partial charge in [0.05, 0.1) is 6.10 Å². The molecule has 0 spiro atoms. The lowest BCUT2D eigenvalue weighted by molar-refractivity contribution is -0.154. The monoisotopic (exact) mass is 255 g/mol. The average Bonchev–Trinajstić information content (AvgIpc) is 2.89. The first-order valence-corrected chi connectivity index (χ1v) is 6.82. The molecule has 0 aromatic carbocycles. The van der Waals surface area contributed by atoms with E-state index in [9.17, 15) is 9.59 Å². The fourth-order valence-corrected chi connectivity index (χ4v) is 2.81. The van der Waals surface area contributed by atoms with Crippen LogP contribution in [0.3, 0.4) is 0 Å². The second kappa shape index (κ2) is 6.18. The van der Waals surface area contributed by atoms with Gasteiger partial charge in [-0.1, -0.05) is 12.8 Å². The zero-order chi connectivity index (χ0) is 13.0. The molecule has 0 radical (unpaired) electrons. The number of carboxylic acid groups (broad SMARTS) is 1. The molecule has 5 nitrogen and oxygen atoms in total. The van der Waals surface area contributed by atoms with E-state index in [2.05, 4.69) is 0 Å². The molecule has 1 unspecified atom stereocenters. The largest absolute Gasteiger partial charge is 0.480 e. The lowest BCUT2D eigenvalue weighted by atomic mass is 10.0. The van der Waals surface area contributed by atoms with E-state index in [0.29, 0.717) is 13.0 Å². The number of nitrogens with zero attached hydrogens (tertiary/aromatic N) is 1. The van der Waals surface area contributed by atoms with E-state index >= 15 is 0 Å². The maximum atomic E-state index is 12.0. The van der Waals surface area contributed by atoms with Crippen molar-refractivity contribution in [1.82, 2.24) is 4.90 Å². The van der Waals surface area contributed by atoms with Gasteiger partial charge in [-0.15, -0.1) is 0 Å². The van der Waals surface area contributed by atoms with Crippen LogP contribution in [-0.2, 0) is 14.3 Å². The molecule has 1 aliphatic carbocycles. The topological polar surface area (TPSA) is 66.8 Å². The van der Waals surface area contributed by atoms with E-state index in [4.69, 9.17) is 9.84 Å². The van der Waals surface area contributed by atoms with Crippen molar-refractivity contribution in [2.24, 2.45) is 0 Å². The second-order valence-corrected chi connectivity index (χ2v) is 5.15. The number of carbonyl (C=O) groups excluding carboxylic acids is 1. The molecule has 2 aliphatic rings. The van der Waals surface area contributed by atoms with Gasteiger partial charge in [0.2, 0.25) is 5.91 Å². The Morgan fingerprint density at radius 3 is 2.44 bits per heavy atom. The third-order valence-electron chi connectivity index (χ3n) is 3.85. The molecule has 1 amide bonds. The number of aliphatic carboxylic acids is 1. The molecule has 2 fully saturated rings. The first-order chi connectivity index (χ1) is 8.68. The molecule has 0 aromatic heterocycles. The van der Waals surface area contributed by atoms with E-state index in [1.54, 1.807) is 0 Å². The Balaban J connectivity index is 1.83. The van der Waals surface area contributed by atoms with Crippen LogP contribution in [0.5, 0.6) is 0 Å². The minimum absolute atomic E-state index is 0.0362. The summed E-state index contributed by atoms with van der Waals surface area (Å²) in [4.78, 5) is 24.6. The van der Waals surface area contributed by atoms with Gasteiger partial charge in [-0.05, 0) is 32.1 Å². The second-order valence-electron chi connectivity index (χ2n) is 5.15. The van der Waals surface area contributed by atoms with Gasteiger partial charge in [0.15, 0.2) is 0 Å². The maximum absolute atomic E-state index is 12.0. The maximum Gasteiger partial charge on any atom is 0.326 e. The Hall–Kier alpha value is -1.10. The zero-order valence-corrected chi connectivity index (χ0v) is 10.6. The SMILES string of the molecule is O=C(O)C1CCCCN1C(=O)COC1CCCC1. The van der Waals surface area contributed by atoms with Crippen LogP contribution in [-0.4, -0.2) is 47.2 Å². The predicted molar refractivity (Wildman–Crippen MR) is 65.2 cm³/mol. The first kappa shape index (κ1) is 13.3. The van der Waals surface area contributed by atoms with Crippen LogP contribution in [0.2, 0.25) is 0 Å². The molecule has 2 rings (SSSR count). The number of hydrogen-bond acceptors (Lipinski definition) is 3. The van der Waals surface area contributed by atoms with Gasteiger partial charge in [-0.2, -0.15) is 0 Å². The highest BCUT2D eigenvalue weighted by Crippen LogP contribution is 2.22.